The Bertz CT molecular complexity index is 352. The van der Waals surface area contributed by atoms with E-state index in [1.54, 1.807) is 0 Å². The van der Waals surface area contributed by atoms with Crippen LogP contribution in [0.4, 0.5) is 8.78 Å². The molecule has 0 amide bonds. The van der Waals surface area contributed by atoms with E-state index in [-0.39, 0.29) is 17.6 Å². The molecule has 1 aromatic rings. The lowest BCUT2D eigenvalue weighted by Crippen LogP contribution is -2.33. The second kappa shape index (κ2) is 6.70. The maximum Gasteiger partial charge on any atom is 0.126 e. The van der Waals surface area contributed by atoms with Crippen molar-refractivity contribution in [1.82, 2.24) is 5.32 Å². The zero-order chi connectivity index (χ0) is 12.8. The summed E-state index contributed by atoms with van der Waals surface area (Å²) in [5.74, 6) is -0.415. The molecule has 0 saturated heterocycles. The Hall–Kier alpha value is -0.960. The van der Waals surface area contributed by atoms with Gasteiger partial charge in [0.1, 0.15) is 11.6 Å². The van der Waals surface area contributed by atoms with Crippen molar-refractivity contribution in [3.8, 4) is 0 Å². The molecule has 0 aromatic heterocycles. The van der Waals surface area contributed by atoms with Crippen molar-refractivity contribution in [2.45, 2.75) is 39.7 Å². The number of nitrogens with one attached hydrogen (secondary N) is 1. The predicted octanol–water partition coefficient (Wildman–Crippen LogP) is 3.53. The average molecular weight is 241 g/mol. The molecular formula is C14H21F2N. The molecule has 1 aromatic carbocycles. The fraction of sp³-hybridized carbons (Fsp3) is 0.571. The highest BCUT2D eigenvalue weighted by molar-refractivity contribution is 5.19. The van der Waals surface area contributed by atoms with Gasteiger partial charge in [0.15, 0.2) is 0 Å². The lowest BCUT2D eigenvalue weighted by Gasteiger charge is -2.21. The Labute approximate surface area is 102 Å². The van der Waals surface area contributed by atoms with Gasteiger partial charge in [0.05, 0.1) is 0 Å². The lowest BCUT2D eigenvalue weighted by molar-refractivity contribution is 0.393. The fourth-order valence-electron chi connectivity index (χ4n) is 1.80. The van der Waals surface area contributed by atoms with Crippen LogP contribution in [0.5, 0.6) is 0 Å². The van der Waals surface area contributed by atoms with E-state index in [2.05, 4.69) is 26.1 Å². The molecule has 96 valence electrons. The van der Waals surface area contributed by atoms with Crippen LogP contribution in [0.15, 0.2) is 18.2 Å². The minimum Gasteiger partial charge on any atom is -0.314 e. The molecule has 0 bridgehead atoms. The molecular weight excluding hydrogens is 220 g/mol. The second-order valence-electron chi connectivity index (χ2n) is 4.66. The van der Waals surface area contributed by atoms with E-state index in [4.69, 9.17) is 0 Å². The monoisotopic (exact) mass is 241 g/mol. The molecule has 17 heavy (non-hydrogen) atoms. The molecule has 0 fully saturated rings. The Morgan fingerprint density at radius 1 is 1.24 bits per heavy atom. The molecule has 1 N–H and O–H groups in total. The third-order valence-electron chi connectivity index (χ3n) is 3.12. The van der Waals surface area contributed by atoms with Gasteiger partial charge in [-0.05, 0) is 56.0 Å². The van der Waals surface area contributed by atoms with E-state index >= 15 is 0 Å². The van der Waals surface area contributed by atoms with Gasteiger partial charge in [-0.3, -0.25) is 0 Å². The Morgan fingerprint density at radius 3 is 2.59 bits per heavy atom. The first kappa shape index (κ1) is 14.1. The third kappa shape index (κ3) is 4.43. The molecule has 1 rings (SSSR count). The van der Waals surface area contributed by atoms with Crippen molar-refractivity contribution >= 4 is 0 Å². The first-order valence-corrected chi connectivity index (χ1v) is 6.22. The maximum atomic E-state index is 13.5. The van der Waals surface area contributed by atoms with E-state index in [0.717, 1.165) is 19.0 Å². The van der Waals surface area contributed by atoms with Crippen molar-refractivity contribution < 1.29 is 8.78 Å². The zero-order valence-electron chi connectivity index (χ0n) is 10.8. The van der Waals surface area contributed by atoms with E-state index in [0.29, 0.717) is 18.0 Å². The highest BCUT2D eigenvalue weighted by atomic mass is 19.1. The van der Waals surface area contributed by atoms with E-state index in [9.17, 15) is 8.78 Å². The first-order valence-electron chi connectivity index (χ1n) is 6.22. The first-order chi connectivity index (χ1) is 8.04. The molecule has 0 spiro atoms. The molecule has 0 saturated carbocycles. The van der Waals surface area contributed by atoms with Crippen molar-refractivity contribution in [3.63, 3.8) is 0 Å². The molecule has 0 heterocycles. The second-order valence-corrected chi connectivity index (χ2v) is 4.66. The summed E-state index contributed by atoms with van der Waals surface area (Å²) in [6.45, 7) is 7.20. The molecule has 3 heteroatoms. The molecule has 0 aliphatic rings. The molecule has 1 nitrogen and oxygen atoms in total. The van der Waals surface area contributed by atoms with Gasteiger partial charge in [-0.1, -0.05) is 13.8 Å². The highest BCUT2D eigenvalue weighted by Crippen LogP contribution is 2.16. The Balaban J connectivity index is 2.60. The van der Waals surface area contributed by atoms with Gasteiger partial charge in [-0.25, -0.2) is 8.78 Å². The highest BCUT2D eigenvalue weighted by Gasteiger charge is 2.14. The van der Waals surface area contributed by atoms with Gasteiger partial charge >= 0.3 is 0 Å². The van der Waals surface area contributed by atoms with Crippen molar-refractivity contribution in [1.29, 1.82) is 0 Å². The summed E-state index contributed by atoms with van der Waals surface area (Å²) in [6, 6.07) is 3.94. The van der Waals surface area contributed by atoms with Crippen molar-refractivity contribution in [2.24, 2.45) is 5.92 Å². The van der Waals surface area contributed by atoms with Crippen LogP contribution >= 0.6 is 0 Å². The van der Waals surface area contributed by atoms with Crippen molar-refractivity contribution in [3.05, 3.63) is 35.4 Å². The van der Waals surface area contributed by atoms with Gasteiger partial charge in [-0.2, -0.15) is 0 Å². The van der Waals surface area contributed by atoms with Crippen LogP contribution in [0, 0.1) is 17.6 Å². The lowest BCUT2D eigenvalue weighted by atomic mass is 9.94. The topological polar surface area (TPSA) is 12.0 Å². The summed E-state index contributed by atoms with van der Waals surface area (Å²) in [5.41, 5.74) is 0.461. The van der Waals surface area contributed by atoms with Gasteiger partial charge < -0.3 is 5.32 Å². The van der Waals surface area contributed by atoms with Crippen LogP contribution in [-0.4, -0.2) is 12.6 Å². The minimum atomic E-state index is -0.372. The third-order valence-corrected chi connectivity index (χ3v) is 3.12. The Kier molecular flexibility index (Phi) is 5.56. The number of hydrogen-bond donors (Lipinski definition) is 1. The summed E-state index contributed by atoms with van der Waals surface area (Å²) >= 11 is 0. The molecule has 0 radical (unpaired) electrons. The number of halogens is 2. The van der Waals surface area contributed by atoms with Crippen molar-refractivity contribution in [2.75, 3.05) is 6.54 Å². The summed E-state index contributed by atoms with van der Waals surface area (Å²) in [5, 5.41) is 3.37. The predicted molar refractivity (Wildman–Crippen MR) is 67.0 cm³/mol. The van der Waals surface area contributed by atoms with E-state index in [1.165, 1.54) is 12.1 Å². The van der Waals surface area contributed by atoms with Gasteiger partial charge in [0.25, 0.3) is 0 Å². The summed E-state index contributed by atoms with van der Waals surface area (Å²) in [6.07, 6.45) is 1.63. The molecule has 2 atom stereocenters. The summed E-state index contributed by atoms with van der Waals surface area (Å²) < 4.78 is 26.5. The smallest absolute Gasteiger partial charge is 0.126 e. The summed E-state index contributed by atoms with van der Waals surface area (Å²) in [7, 11) is 0. The average Bonchev–Trinajstić information content (AvgIpc) is 2.30. The zero-order valence-corrected chi connectivity index (χ0v) is 10.8. The molecule has 0 aliphatic heterocycles. The van der Waals surface area contributed by atoms with Gasteiger partial charge in [-0.15, -0.1) is 0 Å². The van der Waals surface area contributed by atoms with Gasteiger partial charge in [0.2, 0.25) is 0 Å². The number of benzene rings is 1. The maximum absolute atomic E-state index is 13.5. The SMILES string of the molecule is CCCNC(C)C(C)Cc1cc(F)ccc1F. The standard InChI is InChI=1S/C14H21F2N/c1-4-7-17-11(3)10(2)8-12-9-13(15)5-6-14(12)16/h5-6,9-11,17H,4,7-8H2,1-3H3. The molecule has 2 unspecified atom stereocenters. The van der Waals surface area contributed by atoms with Crippen LogP contribution in [0.25, 0.3) is 0 Å². The van der Waals surface area contributed by atoms with Crippen LogP contribution in [0.2, 0.25) is 0 Å². The molecule has 0 aliphatic carbocycles. The summed E-state index contributed by atoms with van der Waals surface area (Å²) in [4.78, 5) is 0. The minimum absolute atomic E-state index is 0.276. The fourth-order valence-corrected chi connectivity index (χ4v) is 1.80. The van der Waals surface area contributed by atoms with Crippen LogP contribution in [0.1, 0.15) is 32.8 Å². The normalized spacial score (nSPS) is 14.6. The number of rotatable bonds is 6. The van der Waals surface area contributed by atoms with Crippen LogP contribution < -0.4 is 5.32 Å². The van der Waals surface area contributed by atoms with E-state index < -0.39 is 0 Å². The van der Waals surface area contributed by atoms with Crippen LogP contribution in [-0.2, 0) is 6.42 Å². The van der Waals surface area contributed by atoms with Crippen LogP contribution in [0.3, 0.4) is 0 Å². The quantitative estimate of drug-likeness (QED) is 0.803. The number of hydrogen-bond acceptors (Lipinski definition) is 1. The van der Waals surface area contributed by atoms with E-state index in [1.807, 2.05) is 0 Å². The van der Waals surface area contributed by atoms with Gasteiger partial charge in [0, 0.05) is 6.04 Å². The largest absolute Gasteiger partial charge is 0.314 e. The Morgan fingerprint density at radius 2 is 1.94 bits per heavy atom.